The highest BCUT2D eigenvalue weighted by atomic mass is 79.9. The van der Waals surface area contributed by atoms with E-state index in [1.165, 1.54) is 4.24 Å². The van der Waals surface area contributed by atoms with Gasteiger partial charge in [-0.15, -0.1) is 23.5 Å². The van der Waals surface area contributed by atoms with Crippen LogP contribution in [0, 0.1) is 0 Å². The average Bonchev–Trinajstić information content (AvgIpc) is 2.82. The number of rotatable bonds is 4. The van der Waals surface area contributed by atoms with Crippen molar-refractivity contribution in [2.24, 2.45) is 0 Å². The standard InChI is InChI=1S/C13H13BrOS2/c1-16-13-11(7-10(8-14)17-13)12(15)9-5-3-2-4-6-9/h2-6,10H,7-8H2,1H3. The predicted molar refractivity (Wildman–Crippen MR) is 81.1 cm³/mol. The zero-order valence-corrected chi connectivity index (χ0v) is 12.7. The highest BCUT2D eigenvalue weighted by Crippen LogP contribution is 2.44. The van der Waals surface area contributed by atoms with Crippen molar-refractivity contribution in [3.05, 3.63) is 45.7 Å². The van der Waals surface area contributed by atoms with E-state index in [0.717, 1.165) is 22.9 Å². The molecule has 0 spiro atoms. The molecule has 2 rings (SSSR count). The zero-order valence-electron chi connectivity index (χ0n) is 9.48. The minimum atomic E-state index is 0.186. The molecule has 1 heterocycles. The van der Waals surface area contributed by atoms with Gasteiger partial charge in [-0.05, 0) is 12.7 Å². The minimum absolute atomic E-state index is 0.186. The Hall–Kier alpha value is -0.190. The molecule has 17 heavy (non-hydrogen) atoms. The lowest BCUT2D eigenvalue weighted by atomic mass is 10.0. The molecule has 0 aliphatic carbocycles. The van der Waals surface area contributed by atoms with Crippen molar-refractivity contribution in [2.75, 3.05) is 11.6 Å². The number of hydrogen-bond donors (Lipinski definition) is 0. The molecule has 1 aliphatic heterocycles. The summed E-state index contributed by atoms with van der Waals surface area (Å²) in [5.74, 6) is 0.186. The highest BCUT2D eigenvalue weighted by Gasteiger charge is 2.28. The number of ketones is 1. The van der Waals surface area contributed by atoms with Gasteiger partial charge in [-0.2, -0.15) is 0 Å². The van der Waals surface area contributed by atoms with Crippen LogP contribution in [0.2, 0.25) is 0 Å². The van der Waals surface area contributed by atoms with Crippen LogP contribution in [-0.4, -0.2) is 22.6 Å². The zero-order chi connectivity index (χ0) is 12.3. The molecule has 1 nitrogen and oxygen atoms in total. The second-order valence-corrected chi connectivity index (χ2v) is 6.80. The molecule has 0 saturated heterocycles. The second kappa shape index (κ2) is 6.12. The smallest absolute Gasteiger partial charge is 0.190 e. The van der Waals surface area contributed by atoms with Crippen molar-refractivity contribution in [1.29, 1.82) is 0 Å². The Morgan fingerprint density at radius 2 is 2.18 bits per heavy atom. The van der Waals surface area contributed by atoms with Crippen molar-refractivity contribution < 1.29 is 4.79 Å². The van der Waals surface area contributed by atoms with E-state index < -0.39 is 0 Å². The normalized spacial score (nSPS) is 19.8. The minimum Gasteiger partial charge on any atom is -0.289 e. The van der Waals surface area contributed by atoms with Crippen molar-refractivity contribution in [3.63, 3.8) is 0 Å². The summed E-state index contributed by atoms with van der Waals surface area (Å²) < 4.78 is 1.18. The molecule has 4 heteroatoms. The lowest BCUT2D eigenvalue weighted by Gasteiger charge is -2.04. The van der Waals surface area contributed by atoms with Gasteiger partial charge in [0, 0.05) is 26.0 Å². The molecule has 0 radical (unpaired) electrons. The van der Waals surface area contributed by atoms with Gasteiger partial charge in [0.2, 0.25) is 0 Å². The van der Waals surface area contributed by atoms with Crippen LogP contribution in [0.4, 0.5) is 0 Å². The third kappa shape index (κ3) is 2.98. The SMILES string of the molecule is CSC1=C(C(=O)c2ccccc2)CC(CBr)S1. The maximum absolute atomic E-state index is 12.4. The molecular formula is C13H13BrOS2. The van der Waals surface area contributed by atoms with Gasteiger partial charge in [0.15, 0.2) is 5.78 Å². The van der Waals surface area contributed by atoms with Gasteiger partial charge in [-0.25, -0.2) is 0 Å². The Labute approximate surface area is 119 Å². The monoisotopic (exact) mass is 328 g/mol. The summed E-state index contributed by atoms with van der Waals surface area (Å²) in [4.78, 5) is 12.4. The lowest BCUT2D eigenvalue weighted by molar-refractivity contribution is 0.103. The summed E-state index contributed by atoms with van der Waals surface area (Å²) in [6.07, 6.45) is 2.91. The van der Waals surface area contributed by atoms with Crippen LogP contribution in [0.5, 0.6) is 0 Å². The van der Waals surface area contributed by atoms with Crippen molar-refractivity contribution >= 4 is 45.2 Å². The van der Waals surface area contributed by atoms with Crippen LogP contribution in [0.1, 0.15) is 16.8 Å². The van der Waals surface area contributed by atoms with Gasteiger partial charge in [-0.1, -0.05) is 46.3 Å². The van der Waals surface area contributed by atoms with E-state index in [1.54, 1.807) is 11.8 Å². The van der Waals surface area contributed by atoms with Gasteiger partial charge in [-0.3, -0.25) is 4.79 Å². The summed E-state index contributed by atoms with van der Waals surface area (Å²) in [5, 5.41) is 1.44. The van der Waals surface area contributed by atoms with Crippen molar-refractivity contribution in [1.82, 2.24) is 0 Å². The molecule has 1 aromatic rings. The summed E-state index contributed by atoms with van der Waals surface area (Å²) >= 11 is 7.00. The molecule has 1 aromatic carbocycles. The van der Waals surface area contributed by atoms with Crippen LogP contribution in [-0.2, 0) is 0 Å². The van der Waals surface area contributed by atoms with E-state index >= 15 is 0 Å². The number of halogens is 1. The number of Topliss-reactive ketones (excluding diaryl/α,β-unsaturated/α-hetero) is 1. The Morgan fingerprint density at radius 1 is 1.47 bits per heavy atom. The van der Waals surface area contributed by atoms with E-state index in [1.807, 2.05) is 48.3 Å². The first-order chi connectivity index (χ1) is 8.26. The van der Waals surface area contributed by atoms with Gasteiger partial charge in [0.1, 0.15) is 0 Å². The number of thioether (sulfide) groups is 2. The third-order valence-corrected chi connectivity index (χ3v) is 6.36. The molecule has 1 aliphatic rings. The molecule has 1 atom stereocenters. The van der Waals surface area contributed by atoms with E-state index in [9.17, 15) is 4.79 Å². The lowest BCUT2D eigenvalue weighted by Crippen LogP contribution is -2.06. The molecule has 1 unspecified atom stereocenters. The third-order valence-electron chi connectivity index (χ3n) is 2.62. The fraction of sp³-hybridized carbons (Fsp3) is 0.308. The molecule has 90 valence electrons. The second-order valence-electron chi connectivity index (χ2n) is 3.76. The summed E-state index contributed by atoms with van der Waals surface area (Å²) in [6.45, 7) is 0. The van der Waals surface area contributed by atoms with E-state index in [4.69, 9.17) is 0 Å². The molecule has 0 aromatic heterocycles. The molecule has 0 fully saturated rings. The molecular weight excluding hydrogens is 316 g/mol. The fourth-order valence-electron chi connectivity index (χ4n) is 1.78. The highest BCUT2D eigenvalue weighted by molar-refractivity contribution is 9.09. The molecule has 0 amide bonds. The fourth-order valence-corrected chi connectivity index (χ4v) is 4.56. The van der Waals surface area contributed by atoms with Gasteiger partial charge in [0.25, 0.3) is 0 Å². The van der Waals surface area contributed by atoms with Crippen LogP contribution in [0.25, 0.3) is 0 Å². The summed E-state index contributed by atoms with van der Waals surface area (Å²) in [7, 11) is 0. The number of benzene rings is 1. The van der Waals surface area contributed by atoms with Crippen LogP contribution in [0.15, 0.2) is 40.1 Å². The Bertz CT molecular complexity index is 442. The van der Waals surface area contributed by atoms with Gasteiger partial charge >= 0.3 is 0 Å². The van der Waals surface area contributed by atoms with E-state index in [0.29, 0.717) is 5.25 Å². The van der Waals surface area contributed by atoms with E-state index in [-0.39, 0.29) is 5.78 Å². The van der Waals surface area contributed by atoms with Crippen molar-refractivity contribution in [3.8, 4) is 0 Å². The maximum Gasteiger partial charge on any atom is 0.190 e. The number of alkyl halides is 1. The Morgan fingerprint density at radius 3 is 2.76 bits per heavy atom. The summed E-state index contributed by atoms with van der Waals surface area (Å²) in [6, 6.07) is 9.54. The number of hydrogen-bond acceptors (Lipinski definition) is 3. The first kappa shape index (κ1) is 13.2. The predicted octanol–water partition coefficient (Wildman–Crippen LogP) is 4.34. The molecule has 0 bridgehead atoms. The first-order valence-electron chi connectivity index (χ1n) is 5.35. The average molecular weight is 329 g/mol. The first-order valence-corrected chi connectivity index (χ1v) is 8.58. The summed E-state index contributed by atoms with van der Waals surface area (Å²) in [5.41, 5.74) is 1.78. The van der Waals surface area contributed by atoms with Crippen LogP contribution in [0.3, 0.4) is 0 Å². The van der Waals surface area contributed by atoms with Crippen LogP contribution >= 0.6 is 39.5 Å². The molecule has 0 saturated carbocycles. The Balaban J connectivity index is 2.25. The maximum atomic E-state index is 12.4. The number of allylic oxidation sites excluding steroid dienone is 1. The topological polar surface area (TPSA) is 17.1 Å². The van der Waals surface area contributed by atoms with Crippen LogP contribution < -0.4 is 0 Å². The van der Waals surface area contributed by atoms with E-state index in [2.05, 4.69) is 15.9 Å². The van der Waals surface area contributed by atoms with Gasteiger partial charge < -0.3 is 0 Å². The quantitative estimate of drug-likeness (QED) is 0.604. The van der Waals surface area contributed by atoms with Crippen molar-refractivity contribution in [2.45, 2.75) is 11.7 Å². The largest absolute Gasteiger partial charge is 0.289 e. The van der Waals surface area contributed by atoms with Gasteiger partial charge in [0.05, 0.1) is 0 Å². The molecule has 0 N–H and O–H groups in total. The number of carbonyl (C=O) groups excluding carboxylic acids is 1. The Kier molecular flexibility index (Phi) is 4.77. The number of carbonyl (C=O) groups is 1.